The highest BCUT2D eigenvalue weighted by atomic mass is 19.4. The molecule has 0 radical (unpaired) electrons. The molecule has 0 saturated heterocycles. The monoisotopic (exact) mass is 438 g/mol. The van der Waals surface area contributed by atoms with Crippen LogP contribution in [-0.2, 0) is 25.3 Å². The zero-order valence-corrected chi connectivity index (χ0v) is 16.6. The molecule has 0 atom stereocenters. The average molecular weight is 438 g/mol. The first-order valence-corrected chi connectivity index (χ1v) is 9.33. The Labute approximate surface area is 176 Å². The van der Waals surface area contributed by atoms with Gasteiger partial charge < -0.3 is 20.1 Å². The highest BCUT2D eigenvalue weighted by Gasteiger charge is 2.33. The summed E-state index contributed by atoms with van der Waals surface area (Å²) in [7, 11) is 0. The summed E-state index contributed by atoms with van der Waals surface area (Å²) in [5, 5.41) is 4.65. The molecule has 0 spiro atoms. The van der Waals surface area contributed by atoms with Crippen LogP contribution in [0.25, 0.3) is 0 Å². The summed E-state index contributed by atoms with van der Waals surface area (Å²) in [6.07, 6.45) is -5.13. The highest BCUT2D eigenvalue weighted by Crippen LogP contribution is 2.34. The normalized spacial score (nSPS) is 10.8. The van der Waals surface area contributed by atoms with Gasteiger partial charge in [-0.3, -0.25) is 14.4 Å². The maximum Gasteiger partial charge on any atom is 0.418 e. The Morgan fingerprint density at radius 2 is 1.58 bits per heavy atom. The summed E-state index contributed by atoms with van der Waals surface area (Å²) in [5.74, 6) is -1.55. The topological polar surface area (TPSA) is 93.7 Å². The number of rotatable bonds is 9. The number of ether oxygens (including phenoxy) is 2. The fourth-order valence-corrected chi connectivity index (χ4v) is 2.48. The Kier molecular flexibility index (Phi) is 8.42. The van der Waals surface area contributed by atoms with Crippen molar-refractivity contribution in [1.82, 2.24) is 0 Å². The van der Waals surface area contributed by atoms with Crippen molar-refractivity contribution in [3.05, 3.63) is 54.1 Å². The van der Waals surface area contributed by atoms with E-state index in [0.29, 0.717) is 18.0 Å². The molecule has 0 heterocycles. The van der Waals surface area contributed by atoms with Crippen molar-refractivity contribution in [2.75, 3.05) is 23.8 Å². The van der Waals surface area contributed by atoms with Crippen LogP contribution >= 0.6 is 0 Å². The number of amides is 2. The third-order valence-corrected chi connectivity index (χ3v) is 3.88. The van der Waals surface area contributed by atoms with Crippen LogP contribution in [0.15, 0.2) is 48.5 Å². The lowest BCUT2D eigenvalue weighted by atomic mass is 10.1. The van der Waals surface area contributed by atoms with Crippen molar-refractivity contribution in [2.45, 2.75) is 25.9 Å². The molecule has 2 amide bonds. The molecular formula is C21H21F3N2O5. The summed E-state index contributed by atoms with van der Waals surface area (Å²) < 4.78 is 48.8. The van der Waals surface area contributed by atoms with Crippen molar-refractivity contribution < 1.29 is 37.0 Å². The molecule has 0 aromatic heterocycles. The summed E-state index contributed by atoms with van der Waals surface area (Å²) in [6.45, 7) is 1.59. The van der Waals surface area contributed by atoms with Crippen LogP contribution in [0.4, 0.5) is 24.5 Å². The van der Waals surface area contributed by atoms with Gasteiger partial charge in [-0.05, 0) is 43.3 Å². The van der Waals surface area contributed by atoms with Crippen molar-refractivity contribution >= 4 is 29.2 Å². The van der Waals surface area contributed by atoms with E-state index in [1.165, 1.54) is 12.1 Å². The van der Waals surface area contributed by atoms with Gasteiger partial charge in [0.1, 0.15) is 5.75 Å². The van der Waals surface area contributed by atoms with Crippen molar-refractivity contribution in [3.8, 4) is 5.75 Å². The lowest BCUT2D eigenvalue weighted by Gasteiger charge is -2.13. The molecule has 31 heavy (non-hydrogen) atoms. The van der Waals surface area contributed by atoms with Gasteiger partial charge in [0.15, 0.2) is 6.61 Å². The molecule has 10 heteroatoms. The van der Waals surface area contributed by atoms with E-state index in [2.05, 4.69) is 10.6 Å². The molecule has 2 rings (SSSR count). The Morgan fingerprint density at radius 3 is 2.23 bits per heavy atom. The quantitative estimate of drug-likeness (QED) is 0.577. The van der Waals surface area contributed by atoms with Crippen LogP contribution in [0.5, 0.6) is 5.75 Å². The van der Waals surface area contributed by atoms with Gasteiger partial charge in [-0.25, -0.2) is 0 Å². The smallest absolute Gasteiger partial charge is 0.418 e. The minimum absolute atomic E-state index is 0.190. The molecule has 2 aromatic carbocycles. The number of hydrogen-bond acceptors (Lipinski definition) is 5. The molecule has 0 fully saturated rings. The Balaban J connectivity index is 1.74. The van der Waals surface area contributed by atoms with E-state index < -0.39 is 41.8 Å². The number of halogens is 3. The largest absolute Gasteiger partial charge is 0.494 e. The number of para-hydroxylation sites is 1. The number of alkyl halides is 3. The summed E-state index contributed by atoms with van der Waals surface area (Å²) in [6, 6.07) is 11.1. The predicted molar refractivity (Wildman–Crippen MR) is 107 cm³/mol. The van der Waals surface area contributed by atoms with E-state index in [1.54, 1.807) is 24.3 Å². The highest BCUT2D eigenvalue weighted by molar-refractivity contribution is 5.95. The second-order valence-electron chi connectivity index (χ2n) is 6.26. The van der Waals surface area contributed by atoms with Gasteiger partial charge in [0.2, 0.25) is 5.91 Å². The molecule has 0 aliphatic rings. The molecule has 166 valence electrons. The molecule has 0 unspecified atom stereocenters. The standard InChI is InChI=1S/C21H21F3N2O5/c1-2-30-15-9-7-14(8-10-15)25-18(27)11-12-20(29)31-13-19(28)26-17-6-4-3-5-16(17)21(22,23)24/h3-10H,2,11-13H2,1H3,(H,25,27)(H,26,28). The number of carbonyl (C=O) groups is 3. The fraction of sp³-hybridized carbons (Fsp3) is 0.286. The van der Waals surface area contributed by atoms with Crippen molar-refractivity contribution in [3.63, 3.8) is 0 Å². The Hall–Kier alpha value is -3.56. The number of carbonyl (C=O) groups excluding carboxylic acids is 3. The average Bonchev–Trinajstić information content (AvgIpc) is 2.72. The van der Waals surface area contributed by atoms with E-state index in [9.17, 15) is 27.6 Å². The number of anilines is 2. The summed E-state index contributed by atoms with van der Waals surface area (Å²) in [4.78, 5) is 35.4. The van der Waals surface area contributed by atoms with Gasteiger partial charge in [-0.15, -0.1) is 0 Å². The lowest BCUT2D eigenvalue weighted by Crippen LogP contribution is -2.23. The molecule has 7 nitrogen and oxygen atoms in total. The van der Waals surface area contributed by atoms with Gasteiger partial charge in [0, 0.05) is 12.1 Å². The van der Waals surface area contributed by atoms with Crippen LogP contribution < -0.4 is 15.4 Å². The van der Waals surface area contributed by atoms with E-state index in [1.807, 2.05) is 6.92 Å². The molecule has 0 aliphatic heterocycles. The minimum Gasteiger partial charge on any atom is -0.494 e. The van der Waals surface area contributed by atoms with Crippen LogP contribution in [0.1, 0.15) is 25.3 Å². The maximum absolute atomic E-state index is 12.9. The number of benzene rings is 2. The van der Waals surface area contributed by atoms with E-state index in [-0.39, 0.29) is 12.8 Å². The molecular weight excluding hydrogens is 417 g/mol. The van der Waals surface area contributed by atoms with Crippen molar-refractivity contribution in [1.29, 1.82) is 0 Å². The first-order valence-electron chi connectivity index (χ1n) is 9.33. The van der Waals surface area contributed by atoms with Crippen LogP contribution in [0, 0.1) is 0 Å². The van der Waals surface area contributed by atoms with Gasteiger partial charge in [-0.2, -0.15) is 13.2 Å². The fourth-order valence-electron chi connectivity index (χ4n) is 2.48. The Morgan fingerprint density at radius 1 is 0.903 bits per heavy atom. The third-order valence-electron chi connectivity index (χ3n) is 3.88. The Bertz CT molecular complexity index is 914. The molecule has 2 N–H and O–H groups in total. The minimum atomic E-state index is -4.64. The number of hydrogen-bond donors (Lipinski definition) is 2. The van der Waals surface area contributed by atoms with E-state index >= 15 is 0 Å². The van der Waals surface area contributed by atoms with Gasteiger partial charge >= 0.3 is 12.1 Å². The second-order valence-corrected chi connectivity index (χ2v) is 6.26. The second kappa shape index (κ2) is 11.0. The summed E-state index contributed by atoms with van der Waals surface area (Å²) in [5.41, 5.74) is -0.934. The first kappa shape index (κ1) is 23.7. The maximum atomic E-state index is 12.9. The zero-order valence-electron chi connectivity index (χ0n) is 16.6. The van der Waals surface area contributed by atoms with Crippen LogP contribution in [-0.4, -0.2) is 31.0 Å². The van der Waals surface area contributed by atoms with Crippen LogP contribution in [0.3, 0.4) is 0 Å². The molecule has 2 aromatic rings. The van der Waals surface area contributed by atoms with Crippen LogP contribution in [0.2, 0.25) is 0 Å². The molecule has 0 saturated carbocycles. The molecule has 0 bridgehead atoms. The molecule has 0 aliphatic carbocycles. The van der Waals surface area contributed by atoms with Gasteiger partial charge in [-0.1, -0.05) is 12.1 Å². The SMILES string of the molecule is CCOc1ccc(NC(=O)CCC(=O)OCC(=O)Nc2ccccc2C(F)(F)F)cc1. The third kappa shape index (κ3) is 8.00. The number of nitrogens with one attached hydrogen (secondary N) is 2. The summed E-state index contributed by atoms with van der Waals surface area (Å²) >= 11 is 0. The lowest BCUT2D eigenvalue weighted by molar-refractivity contribution is -0.148. The van der Waals surface area contributed by atoms with Gasteiger partial charge in [0.05, 0.1) is 24.3 Å². The van der Waals surface area contributed by atoms with E-state index in [4.69, 9.17) is 9.47 Å². The zero-order chi connectivity index (χ0) is 22.9. The van der Waals surface area contributed by atoms with E-state index in [0.717, 1.165) is 12.1 Å². The predicted octanol–water partition coefficient (Wildman–Crippen LogP) is 4.00. The van der Waals surface area contributed by atoms with Crippen molar-refractivity contribution in [2.24, 2.45) is 0 Å². The van der Waals surface area contributed by atoms with Gasteiger partial charge in [0.25, 0.3) is 5.91 Å². The first-order chi connectivity index (χ1) is 14.7. The number of esters is 1.